The van der Waals surface area contributed by atoms with E-state index in [1.165, 1.54) is 4.88 Å². The zero-order chi connectivity index (χ0) is 18.0. The van der Waals surface area contributed by atoms with Crippen molar-refractivity contribution in [3.63, 3.8) is 0 Å². The van der Waals surface area contributed by atoms with Crippen molar-refractivity contribution in [3.05, 3.63) is 49.4 Å². The molecule has 1 amide bonds. The van der Waals surface area contributed by atoms with Gasteiger partial charge >= 0.3 is 0 Å². The van der Waals surface area contributed by atoms with Crippen LogP contribution in [0.15, 0.2) is 24.3 Å². The molecular formula is C18H16IN3OS2. The summed E-state index contributed by atoms with van der Waals surface area (Å²) in [6.07, 6.45) is 3.03. The third kappa shape index (κ3) is 4.19. The maximum Gasteiger partial charge on any atom is 0.257 e. The number of nitriles is 1. The number of thiocarbonyl (C=S) groups is 1. The van der Waals surface area contributed by atoms with Crippen molar-refractivity contribution < 1.29 is 4.79 Å². The molecule has 0 spiro atoms. The number of benzene rings is 1. The molecule has 1 aromatic heterocycles. The van der Waals surface area contributed by atoms with Crippen LogP contribution in [-0.2, 0) is 12.8 Å². The Morgan fingerprint density at radius 1 is 1.40 bits per heavy atom. The van der Waals surface area contributed by atoms with Crippen LogP contribution >= 0.6 is 46.1 Å². The molecule has 0 bridgehead atoms. The largest absolute Gasteiger partial charge is 0.323 e. The van der Waals surface area contributed by atoms with E-state index < -0.39 is 0 Å². The van der Waals surface area contributed by atoms with E-state index in [1.807, 2.05) is 12.1 Å². The van der Waals surface area contributed by atoms with Crippen LogP contribution in [0.25, 0.3) is 0 Å². The molecule has 25 heavy (non-hydrogen) atoms. The molecule has 3 rings (SSSR count). The average Bonchev–Trinajstić information content (AvgIpc) is 2.90. The lowest BCUT2D eigenvalue weighted by molar-refractivity contribution is 0.0977. The van der Waals surface area contributed by atoms with Gasteiger partial charge in [0, 0.05) is 14.0 Å². The molecule has 7 heteroatoms. The highest BCUT2D eigenvalue weighted by atomic mass is 127. The molecule has 2 aromatic rings. The van der Waals surface area contributed by atoms with Crippen molar-refractivity contribution in [2.45, 2.75) is 26.2 Å². The first kappa shape index (κ1) is 18.3. The molecule has 0 aliphatic heterocycles. The predicted octanol–water partition coefficient (Wildman–Crippen LogP) is 4.48. The molecule has 0 saturated heterocycles. The molecule has 2 N–H and O–H groups in total. The zero-order valence-corrected chi connectivity index (χ0v) is 17.3. The van der Waals surface area contributed by atoms with E-state index in [-0.39, 0.29) is 11.0 Å². The number of halogens is 1. The Morgan fingerprint density at radius 2 is 2.12 bits per heavy atom. The Balaban J connectivity index is 1.72. The second kappa shape index (κ2) is 7.81. The van der Waals surface area contributed by atoms with Gasteiger partial charge in [0.25, 0.3) is 5.91 Å². The lowest BCUT2D eigenvalue weighted by Gasteiger charge is -2.17. The fraction of sp³-hybridized carbons (Fsp3) is 0.278. The Hall–Kier alpha value is -1.50. The van der Waals surface area contributed by atoms with Gasteiger partial charge in [-0.3, -0.25) is 10.1 Å². The number of carbonyl (C=O) groups excluding carboxylic acids is 1. The minimum absolute atomic E-state index is 0.215. The summed E-state index contributed by atoms with van der Waals surface area (Å²) in [5.74, 6) is 0.375. The average molecular weight is 481 g/mol. The number of nitrogens with zero attached hydrogens (tertiary/aromatic N) is 1. The summed E-state index contributed by atoms with van der Waals surface area (Å²) in [4.78, 5) is 13.5. The van der Waals surface area contributed by atoms with Crippen molar-refractivity contribution in [2.24, 2.45) is 5.92 Å². The lowest BCUT2D eigenvalue weighted by atomic mass is 9.89. The topological polar surface area (TPSA) is 64.9 Å². The number of anilines is 1. The molecule has 128 valence electrons. The predicted molar refractivity (Wildman–Crippen MR) is 113 cm³/mol. The monoisotopic (exact) mass is 481 g/mol. The third-order valence-corrected chi connectivity index (χ3v) is 6.28. The van der Waals surface area contributed by atoms with Gasteiger partial charge in [0.15, 0.2) is 5.11 Å². The second-order valence-corrected chi connectivity index (χ2v) is 8.84. The standard InChI is InChI=1S/C18H16IN3OS2/c1-10-2-7-13-14(9-20)17(25-15(13)8-10)22-18(24)21-16(23)11-3-5-12(19)6-4-11/h3-6,10H,2,7-8H2,1H3,(H2,21,22,23,24)/t10-/m0/s1. The van der Waals surface area contributed by atoms with Gasteiger partial charge in [0.05, 0.1) is 5.56 Å². The molecule has 4 nitrogen and oxygen atoms in total. The summed E-state index contributed by atoms with van der Waals surface area (Å²) in [6, 6.07) is 9.54. The van der Waals surface area contributed by atoms with Crippen LogP contribution in [0, 0.1) is 20.8 Å². The molecule has 1 heterocycles. The quantitative estimate of drug-likeness (QED) is 0.491. The first-order valence-electron chi connectivity index (χ1n) is 7.90. The van der Waals surface area contributed by atoms with E-state index in [2.05, 4.69) is 46.2 Å². The number of fused-ring (bicyclic) bond motifs is 1. The van der Waals surface area contributed by atoms with Gasteiger partial charge in [-0.2, -0.15) is 5.26 Å². The third-order valence-electron chi connectivity index (χ3n) is 4.18. The van der Waals surface area contributed by atoms with Crippen molar-refractivity contribution in [2.75, 3.05) is 5.32 Å². The van der Waals surface area contributed by atoms with E-state index in [0.29, 0.717) is 17.0 Å². The van der Waals surface area contributed by atoms with Gasteiger partial charge in [0.1, 0.15) is 11.1 Å². The number of carbonyl (C=O) groups is 1. The first-order chi connectivity index (χ1) is 12.0. The molecule has 1 aromatic carbocycles. The van der Waals surface area contributed by atoms with Crippen molar-refractivity contribution in [1.82, 2.24) is 5.32 Å². The molecular weight excluding hydrogens is 465 g/mol. The van der Waals surface area contributed by atoms with Crippen molar-refractivity contribution in [1.29, 1.82) is 5.26 Å². The SMILES string of the molecule is C[C@H]1CCc2c(sc(NC(=S)NC(=O)c3ccc(I)cc3)c2C#N)C1. The summed E-state index contributed by atoms with van der Waals surface area (Å²) in [5, 5.41) is 16.2. The molecule has 1 atom stereocenters. The summed E-state index contributed by atoms with van der Waals surface area (Å²) >= 11 is 9.02. The van der Waals surface area contributed by atoms with Crippen LogP contribution in [-0.4, -0.2) is 11.0 Å². The molecule has 0 saturated carbocycles. The van der Waals surface area contributed by atoms with Crippen LogP contribution in [0.1, 0.15) is 39.7 Å². The zero-order valence-electron chi connectivity index (χ0n) is 13.6. The molecule has 1 aliphatic carbocycles. The maximum atomic E-state index is 12.2. The lowest BCUT2D eigenvalue weighted by Crippen LogP contribution is -2.34. The van der Waals surface area contributed by atoms with Crippen molar-refractivity contribution >= 4 is 62.2 Å². The van der Waals surface area contributed by atoms with Gasteiger partial charge in [-0.05, 0) is 89.8 Å². The van der Waals surface area contributed by atoms with Crippen LogP contribution in [0.5, 0.6) is 0 Å². The smallest absolute Gasteiger partial charge is 0.257 e. The Bertz CT molecular complexity index is 868. The second-order valence-electron chi connectivity index (χ2n) is 6.08. The minimum atomic E-state index is -0.262. The van der Waals surface area contributed by atoms with Crippen LogP contribution in [0.4, 0.5) is 5.00 Å². The fourth-order valence-electron chi connectivity index (χ4n) is 2.87. The molecule has 0 unspecified atom stereocenters. The van der Waals surface area contributed by atoms with Gasteiger partial charge in [-0.15, -0.1) is 11.3 Å². The first-order valence-corrected chi connectivity index (χ1v) is 10.2. The summed E-state index contributed by atoms with van der Waals surface area (Å²) in [7, 11) is 0. The van der Waals surface area contributed by atoms with E-state index in [1.54, 1.807) is 23.5 Å². The number of amides is 1. The molecule has 0 fully saturated rings. The Kier molecular flexibility index (Phi) is 5.71. The number of hydrogen-bond donors (Lipinski definition) is 2. The van der Waals surface area contributed by atoms with E-state index in [9.17, 15) is 10.1 Å². The Morgan fingerprint density at radius 3 is 2.80 bits per heavy atom. The van der Waals surface area contributed by atoms with Crippen LogP contribution in [0.3, 0.4) is 0 Å². The number of nitrogens with one attached hydrogen (secondary N) is 2. The maximum absolute atomic E-state index is 12.2. The van der Waals surface area contributed by atoms with Gasteiger partial charge < -0.3 is 5.32 Å². The normalized spacial score (nSPS) is 15.8. The number of thiophene rings is 1. The summed E-state index contributed by atoms with van der Waals surface area (Å²) in [6.45, 7) is 2.23. The van der Waals surface area contributed by atoms with Gasteiger partial charge in [-0.1, -0.05) is 6.92 Å². The van der Waals surface area contributed by atoms with Crippen LogP contribution < -0.4 is 10.6 Å². The molecule has 1 aliphatic rings. The van der Waals surface area contributed by atoms with Crippen molar-refractivity contribution in [3.8, 4) is 6.07 Å². The molecule has 0 radical (unpaired) electrons. The number of hydrogen-bond acceptors (Lipinski definition) is 4. The van der Waals surface area contributed by atoms with E-state index >= 15 is 0 Å². The summed E-state index contributed by atoms with van der Waals surface area (Å²) < 4.78 is 1.06. The minimum Gasteiger partial charge on any atom is -0.323 e. The highest BCUT2D eigenvalue weighted by molar-refractivity contribution is 14.1. The number of rotatable bonds is 2. The Labute approximate surface area is 169 Å². The van der Waals surface area contributed by atoms with E-state index in [0.717, 1.165) is 33.4 Å². The highest BCUT2D eigenvalue weighted by Crippen LogP contribution is 2.39. The fourth-order valence-corrected chi connectivity index (χ4v) is 4.85. The van der Waals surface area contributed by atoms with Gasteiger partial charge in [0.2, 0.25) is 0 Å². The highest BCUT2D eigenvalue weighted by Gasteiger charge is 2.24. The summed E-state index contributed by atoms with van der Waals surface area (Å²) in [5.41, 5.74) is 2.35. The van der Waals surface area contributed by atoms with Gasteiger partial charge in [-0.25, -0.2) is 0 Å². The van der Waals surface area contributed by atoms with E-state index in [4.69, 9.17) is 12.2 Å². The van der Waals surface area contributed by atoms with Crippen LogP contribution in [0.2, 0.25) is 0 Å².